The van der Waals surface area contributed by atoms with Crippen molar-refractivity contribution in [2.75, 3.05) is 54.0 Å². The summed E-state index contributed by atoms with van der Waals surface area (Å²) in [4.78, 5) is 16.6. The lowest BCUT2D eigenvalue weighted by atomic mass is 9.88. The minimum atomic E-state index is -0.274. The van der Waals surface area contributed by atoms with Crippen molar-refractivity contribution in [3.05, 3.63) is 99.1 Å². The van der Waals surface area contributed by atoms with Gasteiger partial charge in [-0.05, 0) is 97.7 Å². The Labute approximate surface area is 283 Å². The number of carbonyl (C=O) groups excluding carboxylic acids is 1. The van der Waals surface area contributed by atoms with Crippen LogP contribution in [0.5, 0.6) is 11.5 Å². The second kappa shape index (κ2) is 17.1. The maximum atomic E-state index is 14.6. The molecule has 47 heavy (non-hydrogen) atoms. The molecule has 1 fully saturated rings. The van der Waals surface area contributed by atoms with Gasteiger partial charge in [0.1, 0.15) is 31.5 Å². The summed E-state index contributed by atoms with van der Waals surface area (Å²) in [5.74, 6) is 1.68. The number of amides is 1. The molecule has 1 amide bonds. The second-order valence-corrected chi connectivity index (χ2v) is 12.6. The highest BCUT2D eigenvalue weighted by molar-refractivity contribution is 6.31. The summed E-state index contributed by atoms with van der Waals surface area (Å²) in [6, 6.07) is 20.1. The average molecular weight is 663 g/mol. The summed E-state index contributed by atoms with van der Waals surface area (Å²) in [7, 11) is 3.30. The Kier molecular flexibility index (Phi) is 12.7. The number of para-hydroxylation sites is 1. The van der Waals surface area contributed by atoms with Crippen molar-refractivity contribution < 1.29 is 28.5 Å². The SMILES string of the molecule is COCCc1ccc(Cl)c(CN(C(=O)C2=C(c3ccc(OCCOc4c(C)cccc4C)cc3)CCNC2COCOC)C2CC2)c1. The van der Waals surface area contributed by atoms with Crippen molar-refractivity contribution in [2.45, 2.75) is 58.2 Å². The van der Waals surface area contributed by atoms with E-state index in [1.807, 2.05) is 73.3 Å². The van der Waals surface area contributed by atoms with Crippen LogP contribution in [0.1, 0.15) is 47.1 Å². The van der Waals surface area contributed by atoms with Crippen LogP contribution in [0.4, 0.5) is 0 Å². The second-order valence-electron chi connectivity index (χ2n) is 12.2. The van der Waals surface area contributed by atoms with Gasteiger partial charge in [0.25, 0.3) is 5.91 Å². The van der Waals surface area contributed by atoms with Gasteiger partial charge >= 0.3 is 0 Å². The molecule has 1 aliphatic carbocycles. The molecule has 1 heterocycles. The molecule has 0 bridgehead atoms. The minimum Gasteiger partial charge on any atom is -0.490 e. The molecule has 2 aliphatic rings. The number of ether oxygens (including phenoxy) is 5. The van der Waals surface area contributed by atoms with Crippen molar-refractivity contribution in [3.8, 4) is 11.5 Å². The van der Waals surface area contributed by atoms with E-state index in [2.05, 4.69) is 11.4 Å². The normalized spacial score (nSPS) is 16.3. The van der Waals surface area contributed by atoms with Crippen LogP contribution in [0, 0.1) is 13.8 Å². The zero-order chi connectivity index (χ0) is 33.2. The van der Waals surface area contributed by atoms with Crippen LogP contribution in [0.3, 0.4) is 0 Å². The van der Waals surface area contributed by atoms with Crippen molar-refractivity contribution >= 4 is 23.1 Å². The first kappa shape index (κ1) is 34.9. The summed E-state index contributed by atoms with van der Waals surface area (Å²) in [6.07, 6.45) is 3.46. The zero-order valence-corrected chi connectivity index (χ0v) is 28.7. The largest absolute Gasteiger partial charge is 0.490 e. The van der Waals surface area contributed by atoms with Crippen molar-refractivity contribution in [3.63, 3.8) is 0 Å². The molecule has 0 radical (unpaired) electrons. The molecule has 5 rings (SSSR count). The Hall–Kier alpha value is -3.40. The van der Waals surface area contributed by atoms with Gasteiger partial charge in [0.05, 0.1) is 19.3 Å². The number of methoxy groups -OCH3 is 2. The predicted octanol–water partition coefficient (Wildman–Crippen LogP) is 6.53. The maximum Gasteiger partial charge on any atom is 0.252 e. The third kappa shape index (κ3) is 9.36. The molecular weight excluding hydrogens is 616 g/mol. The van der Waals surface area contributed by atoms with Gasteiger partial charge in [0.2, 0.25) is 0 Å². The van der Waals surface area contributed by atoms with E-state index >= 15 is 0 Å². The van der Waals surface area contributed by atoms with Gasteiger partial charge in [-0.2, -0.15) is 0 Å². The number of benzene rings is 3. The number of nitrogens with zero attached hydrogens (tertiary/aromatic N) is 1. The highest BCUT2D eigenvalue weighted by atomic mass is 35.5. The summed E-state index contributed by atoms with van der Waals surface area (Å²) in [5, 5.41) is 4.20. The standard InChI is InChI=1S/C38H47ClN2O6/c1-26-6-5-7-27(2)37(26)47-21-20-46-32-13-9-29(10-14-32)33-16-18-40-35(24-45-25-44-4)36(33)38(42)41(31-11-12-31)23-30-22-28(17-19-43-3)8-15-34(30)39/h5-10,13-15,22,31,35,40H,11-12,16-21,23-25H2,1-4H3. The van der Waals surface area contributed by atoms with E-state index in [9.17, 15) is 4.79 Å². The fourth-order valence-corrected chi connectivity index (χ4v) is 6.26. The van der Waals surface area contributed by atoms with Crippen LogP contribution in [0.15, 0.2) is 66.2 Å². The smallest absolute Gasteiger partial charge is 0.252 e. The Morgan fingerprint density at radius 2 is 1.68 bits per heavy atom. The molecule has 252 valence electrons. The van der Waals surface area contributed by atoms with E-state index in [4.69, 9.17) is 35.3 Å². The van der Waals surface area contributed by atoms with E-state index in [1.54, 1.807) is 14.2 Å². The molecule has 9 heteroatoms. The Balaban J connectivity index is 1.35. The average Bonchev–Trinajstić information content (AvgIpc) is 3.92. The van der Waals surface area contributed by atoms with Gasteiger partial charge in [0.15, 0.2) is 0 Å². The molecule has 1 N–H and O–H groups in total. The van der Waals surface area contributed by atoms with Crippen LogP contribution < -0.4 is 14.8 Å². The van der Waals surface area contributed by atoms with Gasteiger partial charge in [0, 0.05) is 37.4 Å². The van der Waals surface area contributed by atoms with Crippen molar-refractivity contribution in [2.24, 2.45) is 0 Å². The fourth-order valence-electron chi connectivity index (χ4n) is 6.09. The van der Waals surface area contributed by atoms with Gasteiger partial charge < -0.3 is 33.9 Å². The third-order valence-corrected chi connectivity index (χ3v) is 9.03. The van der Waals surface area contributed by atoms with Gasteiger partial charge in [-0.25, -0.2) is 0 Å². The van der Waals surface area contributed by atoms with E-state index in [1.165, 1.54) is 0 Å². The molecule has 0 saturated heterocycles. The molecule has 8 nitrogen and oxygen atoms in total. The topological polar surface area (TPSA) is 78.5 Å². The van der Waals surface area contributed by atoms with Crippen LogP contribution in [-0.4, -0.2) is 76.9 Å². The van der Waals surface area contributed by atoms with Gasteiger partial charge in [-0.15, -0.1) is 0 Å². The van der Waals surface area contributed by atoms with Crippen LogP contribution >= 0.6 is 11.6 Å². The third-order valence-electron chi connectivity index (χ3n) is 8.66. The zero-order valence-electron chi connectivity index (χ0n) is 28.0. The lowest BCUT2D eigenvalue weighted by Crippen LogP contribution is -2.47. The lowest BCUT2D eigenvalue weighted by molar-refractivity contribution is -0.129. The monoisotopic (exact) mass is 662 g/mol. The Bertz CT molecular complexity index is 1500. The number of rotatable bonds is 17. The predicted molar refractivity (Wildman–Crippen MR) is 185 cm³/mol. The summed E-state index contributed by atoms with van der Waals surface area (Å²) >= 11 is 6.69. The summed E-state index contributed by atoms with van der Waals surface area (Å²) in [5.41, 5.74) is 7.07. The Morgan fingerprint density at radius 3 is 2.38 bits per heavy atom. The maximum absolute atomic E-state index is 14.6. The van der Waals surface area contributed by atoms with Gasteiger partial charge in [-0.3, -0.25) is 4.79 Å². The van der Waals surface area contributed by atoms with Crippen LogP contribution in [-0.2, 0) is 32.0 Å². The van der Waals surface area contributed by atoms with Crippen molar-refractivity contribution in [1.82, 2.24) is 10.2 Å². The number of hydrogen-bond acceptors (Lipinski definition) is 7. The van der Waals surface area contributed by atoms with E-state index in [-0.39, 0.29) is 24.8 Å². The van der Waals surface area contributed by atoms with E-state index < -0.39 is 0 Å². The molecule has 1 unspecified atom stereocenters. The van der Waals surface area contributed by atoms with E-state index in [0.717, 1.165) is 82.7 Å². The van der Waals surface area contributed by atoms with Gasteiger partial charge in [-0.1, -0.05) is 54.1 Å². The number of aryl methyl sites for hydroxylation is 2. The molecule has 3 aromatic rings. The fraction of sp³-hybridized carbons (Fsp3) is 0.447. The quantitative estimate of drug-likeness (QED) is 0.130. The van der Waals surface area contributed by atoms with E-state index in [0.29, 0.717) is 38.0 Å². The highest BCUT2D eigenvalue weighted by Crippen LogP contribution is 2.36. The van der Waals surface area contributed by atoms with Crippen LogP contribution in [0.2, 0.25) is 5.02 Å². The summed E-state index contributed by atoms with van der Waals surface area (Å²) < 4.78 is 28.3. The minimum absolute atomic E-state index is 0.0167. The highest BCUT2D eigenvalue weighted by Gasteiger charge is 2.38. The first-order valence-corrected chi connectivity index (χ1v) is 16.8. The number of hydrogen-bond donors (Lipinski definition) is 1. The van der Waals surface area contributed by atoms with Crippen molar-refractivity contribution in [1.29, 1.82) is 0 Å². The van der Waals surface area contributed by atoms with Crippen LogP contribution in [0.25, 0.3) is 5.57 Å². The molecule has 1 aliphatic heterocycles. The Morgan fingerprint density at radius 1 is 0.936 bits per heavy atom. The molecule has 0 aromatic heterocycles. The first-order chi connectivity index (χ1) is 22.9. The summed E-state index contributed by atoms with van der Waals surface area (Å²) in [6.45, 7) is 7.26. The molecular formula is C38H47ClN2O6. The molecule has 3 aromatic carbocycles. The first-order valence-electron chi connectivity index (χ1n) is 16.4. The molecule has 0 spiro atoms. The number of halogens is 1. The molecule has 1 saturated carbocycles. The number of nitrogens with one attached hydrogen (secondary N) is 1. The molecule has 1 atom stereocenters. The lowest BCUT2D eigenvalue weighted by Gasteiger charge is -2.33. The number of carbonyl (C=O) groups is 1.